The van der Waals surface area contributed by atoms with Gasteiger partial charge in [-0.15, -0.1) is 0 Å². The summed E-state index contributed by atoms with van der Waals surface area (Å²) in [5.74, 6) is 0.961. The zero-order valence-electron chi connectivity index (χ0n) is 14.0. The standard InChI is InChI=1S/C19H22N2OS/c1-5-22-16-12-17-15(11-14(16)19(2,3)4)21-18(23-17)20-13-9-7-6-8-10-13/h6-12H,5H2,1-4H3,(H,20,21). The highest BCUT2D eigenvalue weighted by Gasteiger charge is 2.21. The van der Waals surface area contributed by atoms with E-state index >= 15 is 0 Å². The number of aromatic nitrogens is 1. The predicted molar refractivity (Wildman–Crippen MR) is 99.2 cm³/mol. The van der Waals surface area contributed by atoms with Gasteiger partial charge in [0.15, 0.2) is 5.13 Å². The Labute approximate surface area is 141 Å². The first-order valence-corrected chi connectivity index (χ1v) is 8.69. The molecular weight excluding hydrogens is 304 g/mol. The fourth-order valence-electron chi connectivity index (χ4n) is 2.51. The molecule has 0 bridgehead atoms. The molecule has 0 unspecified atom stereocenters. The van der Waals surface area contributed by atoms with Crippen LogP contribution in [0.3, 0.4) is 0 Å². The van der Waals surface area contributed by atoms with Crippen molar-refractivity contribution in [2.24, 2.45) is 0 Å². The second kappa shape index (κ2) is 6.20. The molecule has 1 aromatic heterocycles. The van der Waals surface area contributed by atoms with Crippen LogP contribution in [0, 0.1) is 0 Å². The Morgan fingerprint density at radius 2 is 1.87 bits per heavy atom. The van der Waals surface area contributed by atoms with Crippen molar-refractivity contribution in [2.75, 3.05) is 11.9 Å². The maximum Gasteiger partial charge on any atom is 0.188 e. The van der Waals surface area contributed by atoms with Crippen molar-refractivity contribution >= 4 is 32.4 Å². The van der Waals surface area contributed by atoms with E-state index < -0.39 is 0 Å². The van der Waals surface area contributed by atoms with E-state index in [9.17, 15) is 0 Å². The quantitative estimate of drug-likeness (QED) is 0.664. The minimum Gasteiger partial charge on any atom is -0.494 e. The number of hydrogen-bond donors (Lipinski definition) is 1. The number of nitrogens with one attached hydrogen (secondary N) is 1. The number of anilines is 2. The number of benzene rings is 2. The number of fused-ring (bicyclic) bond motifs is 1. The lowest BCUT2D eigenvalue weighted by Gasteiger charge is -2.22. The summed E-state index contributed by atoms with van der Waals surface area (Å²) in [4.78, 5) is 4.74. The largest absolute Gasteiger partial charge is 0.494 e. The van der Waals surface area contributed by atoms with Crippen molar-refractivity contribution in [1.82, 2.24) is 4.98 Å². The van der Waals surface area contributed by atoms with Gasteiger partial charge in [0.05, 0.1) is 16.8 Å². The summed E-state index contributed by atoms with van der Waals surface area (Å²) in [5, 5.41) is 4.27. The van der Waals surface area contributed by atoms with E-state index in [-0.39, 0.29) is 5.41 Å². The minimum atomic E-state index is 0.0231. The van der Waals surface area contributed by atoms with E-state index in [1.54, 1.807) is 11.3 Å². The molecule has 0 amide bonds. The molecule has 3 aromatic rings. The molecule has 120 valence electrons. The second-order valence-electron chi connectivity index (χ2n) is 6.51. The molecule has 1 N–H and O–H groups in total. The summed E-state index contributed by atoms with van der Waals surface area (Å²) in [6, 6.07) is 14.4. The van der Waals surface area contributed by atoms with Gasteiger partial charge in [-0.3, -0.25) is 0 Å². The summed E-state index contributed by atoms with van der Waals surface area (Å²) >= 11 is 1.65. The number of nitrogens with zero attached hydrogens (tertiary/aromatic N) is 1. The second-order valence-corrected chi connectivity index (χ2v) is 7.54. The van der Waals surface area contributed by atoms with Gasteiger partial charge in [0.25, 0.3) is 0 Å². The van der Waals surface area contributed by atoms with Crippen LogP contribution >= 0.6 is 11.3 Å². The summed E-state index contributed by atoms with van der Waals surface area (Å²) < 4.78 is 7.00. The zero-order valence-corrected chi connectivity index (χ0v) is 14.8. The lowest BCUT2D eigenvalue weighted by molar-refractivity contribution is 0.330. The molecule has 0 saturated heterocycles. The maximum absolute atomic E-state index is 5.86. The first kappa shape index (κ1) is 15.8. The van der Waals surface area contributed by atoms with Gasteiger partial charge in [0.1, 0.15) is 5.75 Å². The third-order valence-electron chi connectivity index (χ3n) is 3.62. The topological polar surface area (TPSA) is 34.1 Å². The third kappa shape index (κ3) is 3.48. The van der Waals surface area contributed by atoms with Crippen LogP contribution in [0.4, 0.5) is 10.8 Å². The first-order chi connectivity index (χ1) is 11.0. The van der Waals surface area contributed by atoms with Crippen LogP contribution in [0.25, 0.3) is 10.2 Å². The monoisotopic (exact) mass is 326 g/mol. The summed E-state index contributed by atoms with van der Waals surface area (Å²) in [5.41, 5.74) is 3.29. The molecular formula is C19H22N2OS. The zero-order chi connectivity index (χ0) is 16.4. The number of ether oxygens (including phenoxy) is 1. The van der Waals surface area contributed by atoms with Crippen LogP contribution < -0.4 is 10.1 Å². The van der Waals surface area contributed by atoms with Crippen molar-refractivity contribution in [3.8, 4) is 5.75 Å². The molecule has 0 aliphatic carbocycles. The van der Waals surface area contributed by atoms with Gasteiger partial charge in [0, 0.05) is 11.3 Å². The molecule has 3 rings (SSSR count). The molecule has 0 fully saturated rings. The Bertz CT molecular complexity index is 803. The molecule has 3 nitrogen and oxygen atoms in total. The summed E-state index contributed by atoms with van der Waals surface area (Å²) in [6.07, 6.45) is 0. The van der Waals surface area contributed by atoms with Crippen molar-refractivity contribution in [2.45, 2.75) is 33.1 Å². The van der Waals surface area contributed by atoms with Gasteiger partial charge in [-0.1, -0.05) is 50.3 Å². The third-order valence-corrected chi connectivity index (χ3v) is 4.56. The maximum atomic E-state index is 5.86. The van der Waals surface area contributed by atoms with E-state index in [4.69, 9.17) is 9.72 Å². The van der Waals surface area contributed by atoms with Gasteiger partial charge >= 0.3 is 0 Å². The van der Waals surface area contributed by atoms with Crippen LogP contribution in [-0.2, 0) is 5.41 Å². The Morgan fingerprint density at radius 3 is 2.52 bits per heavy atom. The lowest BCUT2D eigenvalue weighted by Crippen LogP contribution is -2.13. The highest BCUT2D eigenvalue weighted by atomic mass is 32.1. The van der Waals surface area contributed by atoms with E-state index in [0.29, 0.717) is 6.61 Å². The van der Waals surface area contributed by atoms with E-state index in [2.05, 4.69) is 38.2 Å². The Morgan fingerprint density at radius 1 is 1.13 bits per heavy atom. The van der Waals surface area contributed by atoms with Crippen molar-refractivity contribution in [1.29, 1.82) is 0 Å². The highest BCUT2D eigenvalue weighted by Crippen LogP contribution is 2.38. The van der Waals surface area contributed by atoms with Crippen LogP contribution in [0.5, 0.6) is 5.75 Å². The van der Waals surface area contributed by atoms with E-state index in [1.807, 2.05) is 37.3 Å². The molecule has 1 heterocycles. The lowest BCUT2D eigenvalue weighted by atomic mass is 9.86. The normalized spacial score (nSPS) is 11.7. The van der Waals surface area contributed by atoms with Gasteiger partial charge in [-0.05, 0) is 36.6 Å². The molecule has 2 aromatic carbocycles. The Balaban J connectivity index is 2.02. The van der Waals surface area contributed by atoms with Crippen molar-refractivity contribution in [3.63, 3.8) is 0 Å². The average molecular weight is 326 g/mol. The highest BCUT2D eigenvalue weighted by molar-refractivity contribution is 7.22. The molecule has 4 heteroatoms. The van der Waals surface area contributed by atoms with Gasteiger partial charge < -0.3 is 10.1 Å². The number of para-hydroxylation sites is 1. The summed E-state index contributed by atoms with van der Waals surface area (Å²) in [7, 11) is 0. The predicted octanol–water partition coefficient (Wildman–Crippen LogP) is 5.74. The van der Waals surface area contributed by atoms with Gasteiger partial charge in [-0.25, -0.2) is 4.98 Å². The van der Waals surface area contributed by atoms with Crippen LogP contribution in [0.15, 0.2) is 42.5 Å². The molecule has 0 atom stereocenters. The molecule has 0 aliphatic heterocycles. The Kier molecular flexibility index (Phi) is 4.26. The SMILES string of the molecule is CCOc1cc2sc(Nc3ccccc3)nc2cc1C(C)(C)C. The molecule has 23 heavy (non-hydrogen) atoms. The molecule has 0 spiro atoms. The van der Waals surface area contributed by atoms with Crippen LogP contribution in [0.2, 0.25) is 0 Å². The fraction of sp³-hybridized carbons (Fsp3) is 0.316. The van der Waals surface area contributed by atoms with Gasteiger partial charge in [-0.2, -0.15) is 0 Å². The number of hydrogen-bond acceptors (Lipinski definition) is 4. The van der Waals surface area contributed by atoms with E-state index in [1.165, 1.54) is 5.56 Å². The minimum absolute atomic E-state index is 0.0231. The number of rotatable bonds is 4. The first-order valence-electron chi connectivity index (χ1n) is 7.87. The number of thiazole rings is 1. The molecule has 0 saturated carbocycles. The van der Waals surface area contributed by atoms with Crippen molar-refractivity contribution in [3.05, 3.63) is 48.0 Å². The van der Waals surface area contributed by atoms with Crippen molar-refractivity contribution < 1.29 is 4.74 Å². The van der Waals surface area contributed by atoms with Crippen LogP contribution in [0.1, 0.15) is 33.3 Å². The average Bonchev–Trinajstić information content (AvgIpc) is 2.88. The van der Waals surface area contributed by atoms with Gasteiger partial charge in [0.2, 0.25) is 0 Å². The molecule has 0 aliphatic rings. The molecule has 0 radical (unpaired) electrons. The van der Waals surface area contributed by atoms with E-state index in [0.717, 1.165) is 26.8 Å². The summed E-state index contributed by atoms with van der Waals surface area (Å²) in [6.45, 7) is 9.29. The van der Waals surface area contributed by atoms with Crippen LogP contribution in [-0.4, -0.2) is 11.6 Å². The Hall–Kier alpha value is -2.07. The fourth-order valence-corrected chi connectivity index (χ4v) is 3.41. The smallest absolute Gasteiger partial charge is 0.188 e.